The lowest BCUT2D eigenvalue weighted by Gasteiger charge is -2.19. The molecule has 6 heteroatoms. The molecule has 1 aliphatic carbocycles. The molecule has 1 aliphatic rings. The van der Waals surface area contributed by atoms with Gasteiger partial charge in [-0.05, 0) is 56.0 Å². The first-order valence-electron chi connectivity index (χ1n) is 9.96. The number of hydrogen-bond acceptors (Lipinski definition) is 4. The Morgan fingerprint density at radius 3 is 2.68 bits per heavy atom. The summed E-state index contributed by atoms with van der Waals surface area (Å²) < 4.78 is 16.8. The van der Waals surface area contributed by atoms with Crippen LogP contribution in [-0.2, 0) is 0 Å². The van der Waals surface area contributed by atoms with Crippen molar-refractivity contribution < 1.29 is 14.0 Å². The fourth-order valence-corrected chi connectivity index (χ4v) is 4.43. The quantitative estimate of drug-likeness (QED) is 0.251. The van der Waals surface area contributed by atoms with E-state index < -0.39 is 0 Å². The highest BCUT2D eigenvalue weighted by molar-refractivity contribution is 7.93. The minimum absolute atomic E-state index is 0.534. The first kappa shape index (κ1) is 19.2. The Bertz CT molecular complexity index is 962. The molecule has 0 unspecified atom stereocenters. The van der Waals surface area contributed by atoms with Gasteiger partial charge in [0.05, 0.1) is 18.2 Å². The summed E-state index contributed by atoms with van der Waals surface area (Å²) in [6.07, 6.45) is 9.45. The van der Waals surface area contributed by atoms with E-state index in [1.165, 1.54) is 38.5 Å². The van der Waals surface area contributed by atoms with Crippen molar-refractivity contribution in [2.75, 3.05) is 6.61 Å². The molecule has 0 bridgehead atoms. The number of H-pyrrole nitrogens is 1. The van der Waals surface area contributed by atoms with Crippen LogP contribution in [0.25, 0.3) is 22.2 Å². The summed E-state index contributed by atoms with van der Waals surface area (Å²) in [5.74, 6) is 1.39. The summed E-state index contributed by atoms with van der Waals surface area (Å²) in [5, 5.41) is 13.2. The normalized spacial score (nSPS) is 15.6. The fourth-order valence-electron chi connectivity index (χ4n) is 4.13. The molecule has 28 heavy (non-hydrogen) atoms. The van der Waals surface area contributed by atoms with Crippen LogP contribution in [0.1, 0.15) is 44.2 Å². The van der Waals surface area contributed by atoms with Crippen LogP contribution in [0.4, 0.5) is 0 Å². The third-order valence-electron chi connectivity index (χ3n) is 5.69. The number of benzene rings is 1. The summed E-state index contributed by atoms with van der Waals surface area (Å²) in [4.78, 5) is 3.78. The molecule has 1 saturated carbocycles. The van der Waals surface area contributed by atoms with Gasteiger partial charge < -0.3 is 14.5 Å². The van der Waals surface area contributed by atoms with Crippen LogP contribution < -0.4 is 9.47 Å². The largest absolute Gasteiger partial charge is 0.710 e. The Balaban J connectivity index is 1.72. The van der Waals surface area contributed by atoms with Crippen LogP contribution in [-0.4, -0.2) is 16.1 Å². The maximum absolute atomic E-state index is 12.4. The van der Waals surface area contributed by atoms with Gasteiger partial charge in [0.25, 0.3) is 5.65 Å². The highest BCUT2D eigenvalue weighted by Gasteiger charge is 2.19. The molecule has 0 atom stereocenters. The van der Waals surface area contributed by atoms with E-state index in [2.05, 4.69) is 4.98 Å². The van der Waals surface area contributed by atoms with E-state index in [9.17, 15) is 9.76 Å². The molecule has 1 fully saturated rings. The van der Waals surface area contributed by atoms with Crippen molar-refractivity contribution in [3.8, 4) is 16.9 Å². The molecule has 1 aromatic carbocycles. The first-order valence-corrected chi connectivity index (χ1v) is 10.7. The minimum atomic E-state index is 0.534. The summed E-state index contributed by atoms with van der Waals surface area (Å²) in [6.45, 7) is 2.51. The number of nitrogens with one attached hydrogen (secondary N) is 1. The molecule has 0 spiro atoms. The van der Waals surface area contributed by atoms with Gasteiger partial charge in [0.15, 0.2) is 0 Å². The molecule has 2 aromatic heterocycles. The van der Waals surface area contributed by atoms with Crippen molar-refractivity contribution in [3.05, 3.63) is 47.4 Å². The van der Waals surface area contributed by atoms with Crippen molar-refractivity contribution in [2.24, 2.45) is 5.92 Å². The molecule has 5 nitrogen and oxygen atoms in total. The predicted octanol–water partition coefficient (Wildman–Crippen LogP) is 5.69. The predicted molar refractivity (Wildman–Crippen MR) is 113 cm³/mol. The van der Waals surface area contributed by atoms with Gasteiger partial charge in [0, 0.05) is 28.1 Å². The number of fused-ring (bicyclic) bond motifs is 1. The molecule has 0 amide bonds. The van der Waals surface area contributed by atoms with Crippen LogP contribution in [0.5, 0.6) is 5.75 Å². The smallest absolute Gasteiger partial charge is 0.290 e. The lowest BCUT2D eigenvalue weighted by atomic mass is 10.0. The number of nitrogens with zero attached hydrogens (tertiary/aromatic N) is 1. The van der Waals surface area contributed by atoms with Gasteiger partial charge in [-0.25, -0.2) is 9.71 Å². The molecule has 2 heterocycles. The number of hydrogen-bond donors (Lipinski definition) is 2. The second-order valence-corrected chi connectivity index (χ2v) is 8.31. The third kappa shape index (κ3) is 3.84. The highest BCUT2D eigenvalue weighted by Crippen LogP contribution is 2.37. The molecule has 0 aliphatic heterocycles. The van der Waals surface area contributed by atoms with E-state index >= 15 is 0 Å². The fraction of sp³-hybridized carbons (Fsp3) is 0.409. The Morgan fingerprint density at radius 2 is 1.93 bits per heavy atom. The summed E-state index contributed by atoms with van der Waals surface area (Å²) in [6, 6.07) is 9.53. The van der Waals surface area contributed by atoms with Gasteiger partial charge in [-0.3, -0.25) is 0 Å². The third-order valence-corrected chi connectivity index (χ3v) is 6.15. The van der Waals surface area contributed by atoms with E-state index in [-0.39, 0.29) is 0 Å². The molecule has 2 N–H and O–H groups in total. The summed E-state index contributed by atoms with van der Waals surface area (Å²) >= 11 is 0.720. The van der Waals surface area contributed by atoms with Crippen molar-refractivity contribution in [2.45, 2.75) is 50.3 Å². The Labute approximate surface area is 169 Å². The maximum atomic E-state index is 12.4. The van der Waals surface area contributed by atoms with Crippen molar-refractivity contribution >= 4 is 23.1 Å². The van der Waals surface area contributed by atoms with E-state index in [0.29, 0.717) is 23.9 Å². The zero-order chi connectivity index (χ0) is 19.5. The number of aryl methyl sites for hydroxylation is 1. The van der Waals surface area contributed by atoms with Crippen LogP contribution in [0, 0.1) is 18.0 Å². The minimum Gasteiger partial charge on any atom is -0.710 e. The van der Waals surface area contributed by atoms with Crippen LogP contribution in [0.2, 0.25) is 0 Å². The lowest BCUT2D eigenvalue weighted by Crippen LogP contribution is -2.31. The Morgan fingerprint density at radius 1 is 1.14 bits per heavy atom. The van der Waals surface area contributed by atoms with Gasteiger partial charge in [-0.1, -0.05) is 25.7 Å². The van der Waals surface area contributed by atoms with Gasteiger partial charge in [-0.15, -0.1) is 0 Å². The second-order valence-electron chi connectivity index (χ2n) is 7.65. The number of ether oxygens (including phenoxy) is 1. The number of rotatable bonds is 5. The van der Waals surface area contributed by atoms with Crippen molar-refractivity contribution in [1.82, 2.24) is 4.98 Å². The van der Waals surface area contributed by atoms with E-state index in [4.69, 9.17) is 4.74 Å². The number of aromatic amines is 1. The van der Waals surface area contributed by atoms with Gasteiger partial charge >= 0.3 is 0 Å². The first-order chi connectivity index (χ1) is 13.7. The monoisotopic (exact) mass is 398 g/mol. The van der Waals surface area contributed by atoms with E-state index in [0.717, 1.165) is 43.9 Å². The molecule has 0 saturated heterocycles. The van der Waals surface area contributed by atoms with Gasteiger partial charge in [0.1, 0.15) is 11.4 Å². The van der Waals surface area contributed by atoms with E-state index in [1.54, 1.807) is 13.1 Å². The highest BCUT2D eigenvalue weighted by atomic mass is 32.2. The second kappa shape index (κ2) is 8.45. The van der Waals surface area contributed by atoms with Crippen molar-refractivity contribution in [1.29, 1.82) is 0 Å². The Kier molecular flexibility index (Phi) is 5.78. The topological polar surface area (TPSA) is 72.2 Å². The van der Waals surface area contributed by atoms with Crippen LogP contribution in [0.3, 0.4) is 0 Å². The summed E-state index contributed by atoms with van der Waals surface area (Å²) in [5.41, 5.74) is 2.99. The SMILES string of the molecule is Cc1cc(-c2cc(SO)ccc2OCC2CCCCCC2)c2cc[nH]c2[n+]1[O-]. The molecular formula is C22H26N2O3S. The molecule has 4 rings (SSSR count). The van der Waals surface area contributed by atoms with Crippen LogP contribution >= 0.6 is 12.0 Å². The van der Waals surface area contributed by atoms with Crippen LogP contribution in [0.15, 0.2) is 41.4 Å². The Hall–Kier alpha value is -2.18. The molecule has 0 radical (unpaired) electrons. The zero-order valence-electron chi connectivity index (χ0n) is 16.1. The molecule has 148 valence electrons. The zero-order valence-corrected chi connectivity index (χ0v) is 16.9. The number of pyridine rings is 1. The van der Waals surface area contributed by atoms with Gasteiger partial charge in [-0.2, -0.15) is 0 Å². The average Bonchev–Trinajstić information content (AvgIpc) is 3.06. The lowest BCUT2D eigenvalue weighted by molar-refractivity contribution is -0.586. The maximum Gasteiger partial charge on any atom is 0.290 e. The van der Waals surface area contributed by atoms with E-state index in [1.807, 2.05) is 30.3 Å². The van der Waals surface area contributed by atoms with Gasteiger partial charge in [0.2, 0.25) is 0 Å². The number of aromatic nitrogens is 2. The summed E-state index contributed by atoms with van der Waals surface area (Å²) in [7, 11) is 0. The standard InChI is InChI=1S/C22H26N2O3S/c1-15-12-19(18-10-11-23-22(18)24(15)25)20-13-17(28-26)8-9-21(20)27-14-16-6-4-2-3-5-7-16/h8-13,16,23,26H,2-7,14H2,1H3. The average molecular weight is 399 g/mol. The molecule has 3 aromatic rings. The van der Waals surface area contributed by atoms with Crippen molar-refractivity contribution in [3.63, 3.8) is 0 Å². The molecular weight excluding hydrogens is 372 g/mol.